The topological polar surface area (TPSA) is 33.4 Å². The van der Waals surface area contributed by atoms with Gasteiger partial charge in [-0.25, -0.2) is 18.3 Å². The molecule has 1 aromatic carbocycles. The number of hydrogen-bond acceptors (Lipinski definition) is 3. The van der Waals surface area contributed by atoms with Crippen LogP contribution in [0.15, 0.2) is 30.5 Å². The first-order chi connectivity index (χ1) is 12.1. The van der Waals surface area contributed by atoms with Crippen LogP contribution in [0.1, 0.15) is 41.4 Å². The molecule has 128 valence electrons. The minimum atomic E-state index is -0.795. The number of hydrogen-bond donors (Lipinski definition) is 0. The van der Waals surface area contributed by atoms with Crippen LogP contribution in [-0.4, -0.2) is 25.5 Å². The molecule has 3 aromatic rings. The van der Waals surface area contributed by atoms with Gasteiger partial charge in [-0.2, -0.15) is 5.10 Å². The SMILES string of the molecule is Cc1cc2ncc3c(n2n1)C[C@H]1CC[C@H]3N1Cc1ccc(F)c(F)c1. The Labute approximate surface area is 144 Å². The zero-order valence-electron chi connectivity index (χ0n) is 13.9. The molecule has 1 fully saturated rings. The van der Waals surface area contributed by atoms with Gasteiger partial charge in [-0.1, -0.05) is 6.07 Å². The van der Waals surface area contributed by atoms with Crippen LogP contribution in [0.5, 0.6) is 0 Å². The van der Waals surface area contributed by atoms with Crippen LogP contribution >= 0.6 is 0 Å². The number of rotatable bonds is 2. The fourth-order valence-corrected chi connectivity index (χ4v) is 4.39. The summed E-state index contributed by atoms with van der Waals surface area (Å²) in [6.07, 6.45) is 5.05. The fraction of sp³-hybridized carbons (Fsp3) is 0.368. The first-order valence-electron chi connectivity index (χ1n) is 8.64. The number of aryl methyl sites for hydroxylation is 1. The molecule has 0 radical (unpaired) electrons. The zero-order valence-corrected chi connectivity index (χ0v) is 13.9. The van der Waals surface area contributed by atoms with E-state index >= 15 is 0 Å². The third-order valence-corrected chi connectivity index (χ3v) is 5.52. The molecule has 0 amide bonds. The molecular formula is C19H18F2N4. The van der Waals surface area contributed by atoms with Crippen LogP contribution in [0.2, 0.25) is 0 Å². The van der Waals surface area contributed by atoms with Gasteiger partial charge >= 0.3 is 0 Å². The Morgan fingerprint density at radius 2 is 2.04 bits per heavy atom. The maximum absolute atomic E-state index is 13.5. The molecule has 0 N–H and O–H groups in total. The standard InChI is InChI=1S/C19H18F2N4/c1-11-6-19-22-9-14-17-5-3-13(8-18(14)25(19)23-11)24(17)10-12-2-4-15(20)16(21)7-12/h2,4,6-7,9,13,17H,3,5,8,10H2,1H3/t13-,17-/m1/s1. The van der Waals surface area contributed by atoms with E-state index in [1.54, 1.807) is 6.07 Å². The molecule has 4 heterocycles. The average Bonchev–Trinajstić information content (AvgIpc) is 3.09. The summed E-state index contributed by atoms with van der Waals surface area (Å²) in [5.41, 5.74) is 5.13. The molecule has 2 aliphatic rings. The molecule has 6 heteroatoms. The third kappa shape index (κ3) is 2.28. The lowest BCUT2D eigenvalue weighted by molar-refractivity contribution is 0.165. The molecule has 0 spiro atoms. The lowest BCUT2D eigenvalue weighted by Gasteiger charge is -2.36. The maximum Gasteiger partial charge on any atom is 0.159 e. The van der Waals surface area contributed by atoms with Crippen molar-refractivity contribution in [3.8, 4) is 0 Å². The molecule has 4 nitrogen and oxygen atoms in total. The van der Waals surface area contributed by atoms with Crippen molar-refractivity contribution in [2.75, 3.05) is 0 Å². The molecule has 2 atom stereocenters. The summed E-state index contributed by atoms with van der Waals surface area (Å²) < 4.78 is 28.7. The van der Waals surface area contributed by atoms with E-state index in [4.69, 9.17) is 0 Å². The van der Waals surface area contributed by atoms with Gasteiger partial charge in [0, 0.05) is 42.9 Å². The van der Waals surface area contributed by atoms with Gasteiger partial charge in [-0.05, 0) is 37.5 Å². The Kier molecular flexibility index (Phi) is 3.19. The van der Waals surface area contributed by atoms with Crippen molar-refractivity contribution < 1.29 is 8.78 Å². The second kappa shape index (κ2) is 5.33. The average molecular weight is 340 g/mol. The molecule has 2 bridgehead atoms. The van der Waals surface area contributed by atoms with E-state index in [9.17, 15) is 8.78 Å². The number of aromatic nitrogens is 3. The Morgan fingerprint density at radius 3 is 2.88 bits per heavy atom. The van der Waals surface area contributed by atoms with Gasteiger partial charge in [-0.15, -0.1) is 0 Å². The van der Waals surface area contributed by atoms with Crippen LogP contribution in [-0.2, 0) is 13.0 Å². The molecular weight excluding hydrogens is 322 g/mol. The van der Waals surface area contributed by atoms with E-state index in [2.05, 4.69) is 15.0 Å². The molecule has 0 saturated carbocycles. The van der Waals surface area contributed by atoms with Crippen molar-refractivity contribution >= 4 is 5.65 Å². The number of benzene rings is 1. The van der Waals surface area contributed by atoms with Crippen molar-refractivity contribution in [3.05, 3.63) is 64.6 Å². The smallest absolute Gasteiger partial charge is 0.159 e. The van der Waals surface area contributed by atoms with Crippen molar-refractivity contribution in [3.63, 3.8) is 0 Å². The van der Waals surface area contributed by atoms with Gasteiger partial charge in [0.25, 0.3) is 0 Å². The lowest BCUT2D eigenvalue weighted by atomic mass is 9.98. The summed E-state index contributed by atoms with van der Waals surface area (Å²) in [6, 6.07) is 6.86. The van der Waals surface area contributed by atoms with E-state index in [0.717, 1.165) is 36.2 Å². The second-order valence-electron chi connectivity index (χ2n) is 7.09. The maximum atomic E-state index is 13.5. The molecule has 2 aliphatic heterocycles. The van der Waals surface area contributed by atoms with Crippen LogP contribution in [0.3, 0.4) is 0 Å². The van der Waals surface area contributed by atoms with Crippen LogP contribution in [0.25, 0.3) is 5.65 Å². The highest BCUT2D eigenvalue weighted by Crippen LogP contribution is 2.44. The lowest BCUT2D eigenvalue weighted by Crippen LogP contribution is -2.38. The van der Waals surface area contributed by atoms with E-state index in [-0.39, 0.29) is 6.04 Å². The summed E-state index contributed by atoms with van der Waals surface area (Å²) in [7, 11) is 0. The second-order valence-corrected chi connectivity index (χ2v) is 7.09. The molecule has 5 rings (SSSR count). The predicted molar refractivity (Wildman–Crippen MR) is 89.1 cm³/mol. The summed E-state index contributed by atoms with van der Waals surface area (Å²) in [6.45, 7) is 2.61. The van der Waals surface area contributed by atoms with Gasteiger partial charge in [0.05, 0.1) is 11.4 Å². The van der Waals surface area contributed by atoms with E-state index in [1.165, 1.54) is 23.4 Å². The summed E-state index contributed by atoms with van der Waals surface area (Å²) in [5, 5.41) is 4.60. The molecule has 2 aromatic heterocycles. The summed E-state index contributed by atoms with van der Waals surface area (Å²) in [4.78, 5) is 6.97. The molecule has 1 saturated heterocycles. The van der Waals surface area contributed by atoms with Crippen LogP contribution < -0.4 is 0 Å². The van der Waals surface area contributed by atoms with Gasteiger partial charge in [0.2, 0.25) is 0 Å². The normalized spacial score (nSPS) is 22.5. The van der Waals surface area contributed by atoms with Gasteiger partial charge in [0.1, 0.15) is 0 Å². The van der Waals surface area contributed by atoms with Gasteiger partial charge < -0.3 is 0 Å². The monoisotopic (exact) mass is 340 g/mol. The van der Waals surface area contributed by atoms with Crippen molar-refractivity contribution in [1.82, 2.24) is 19.5 Å². The highest BCUT2D eigenvalue weighted by Gasteiger charge is 2.41. The third-order valence-electron chi connectivity index (χ3n) is 5.52. The van der Waals surface area contributed by atoms with Crippen molar-refractivity contribution in [1.29, 1.82) is 0 Å². The molecule has 0 aliphatic carbocycles. The van der Waals surface area contributed by atoms with Crippen molar-refractivity contribution in [2.24, 2.45) is 0 Å². The predicted octanol–water partition coefficient (Wildman–Crippen LogP) is 3.58. The van der Waals surface area contributed by atoms with Crippen LogP contribution in [0, 0.1) is 18.6 Å². The summed E-state index contributed by atoms with van der Waals surface area (Å²) in [5.74, 6) is -1.57. The quantitative estimate of drug-likeness (QED) is 0.715. The Bertz CT molecular complexity index is 981. The Morgan fingerprint density at radius 1 is 1.16 bits per heavy atom. The first-order valence-corrected chi connectivity index (χ1v) is 8.64. The van der Waals surface area contributed by atoms with E-state index in [0.29, 0.717) is 12.6 Å². The number of halogens is 2. The first kappa shape index (κ1) is 15.0. The number of nitrogens with zero attached hydrogens (tertiary/aromatic N) is 4. The Hall–Kier alpha value is -2.34. The van der Waals surface area contributed by atoms with Gasteiger partial charge in [0.15, 0.2) is 17.3 Å². The Balaban J connectivity index is 1.52. The van der Waals surface area contributed by atoms with Crippen molar-refractivity contribution in [2.45, 2.75) is 44.8 Å². The largest absolute Gasteiger partial charge is 0.289 e. The molecule has 0 unspecified atom stereocenters. The number of fused-ring (bicyclic) bond motifs is 6. The summed E-state index contributed by atoms with van der Waals surface area (Å²) >= 11 is 0. The van der Waals surface area contributed by atoms with Gasteiger partial charge in [-0.3, -0.25) is 4.90 Å². The minimum Gasteiger partial charge on any atom is -0.289 e. The van der Waals surface area contributed by atoms with E-state index in [1.807, 2.05) is 23.7 Å². The minimum absolute atomic E-state index is 0.267. The highest BCUT2D eigenvalue weighted by atomic mass is 19.2. The van der Waals surface area contributed by atoms with E-state index < -0.39 is 11.6 Å². The molecule has 25 heavy (non-hydrogen) atoms. The fourth-order valence-electron chi connectivity index (χ4n) is 4.39. The zero-order chi connectivity index (χ0) is 17.1. The highest BCUT2D eigenvalue weighted by molar-refractivity contribution is 5.44. The van der Waals surface area contributed by atoms with Crippen LogP contribution in [0.4, 0.5) is 8.78 Å².